The van der Waals surface area contributed by atoms with Gasteiger partial charge in [0, 0.05) is 11.8 Å². The minimum Gasteiger partial charge on any atom is -0.495 e. The number of hydrogen-bond donors (Lipinski definition) is 1. The van der Waals surface area contributed by atoms with Gasteiger partial charge in [0.1, 0.15) is 5.75 Å². The van der Waals surface area contributed by atoms with Gasteiger partial charge < -0.3 is 10.1 Å². The van der Waals surface area contributed by atoms with Gasteiger partial charge in [-0.15, -0.1) is 0 Å². The van der Waals surface area contributed by atoms with Crippen LogP contribution in [0.2, 0.25) is 0 Å². The molecule has 0 spiro atoms. The van der Waals surface area contributed by atoms with E-state index in [2.05, 4.69) is 60.8 Å². The second-order valence-corrected chi connectivity index (χ2v) is 8.02. The maximum atomic E-state index is 13.6. The van der Waals surface area contributed by atoms with Crippen molar-refractivity contribution in [3.63, 3.8) is 0 Å². The fourth-order valence-electron chi connectivity index (χ4n) is 5.20. The van der Waals surface area contributed by atoms with Gasteiger partial charge in [0.05, 0.1) is 18.2 Å². The lowest BCUT2D eigenvalue weighted by molar-refractivity contribution is -0.126. The molecule has 6 rings (SSSR count). The Labute approximate surface area is 165 Å². The summed E-state index contributed by atoms with van der Waals surface area (Å²) in [7, 11) is 1.63. The zero-order valence-corrected chi connectivity index (χ0v) is 16.1. The molecule has 3 nitrogen and oxygen atoms in total. The highest BCUT2D eigenvalue weighted by molar-refractivity contribution is 5.98. The summed E-state index contributed by atoms with van der Waals surface area (Å²) in [4.78, 5) is 13.6. The van der Waals surface area contributed by atoms with Crippen LogP contribution in [-0.4, -0.2) is 13.0 Å². The number of amides is 1. The number of methoxy groups -OCH3 is 1. The summed E-state index contributed by atoms with van der Waals surface area (Å²) in [6.45, 7) is 2.11. The quantitative estimate of drug-likeness (QED) is 0.678. The second kappa shape index (κ2) is 6.23. The van der Waals surface area contributed by atoms with Crippen LogP contribution in [0.3, 0.4) is 0 Å². The third kappa shape index (κ3) is 2.32. The highest BCUT2D eigenvalue weighted by atomic mass is 16.5. The van der Waals surface area contributed by atoms with Crippen molar-refractivity contribution >= 4 is 11.6 Å². The second-order valence-electron chi connectivity index (χ2n) is 8.02. The lowest BCUT2D eigenvalue weighted by atomic mass is 9.52. The lowest BCUT2D eigenvalue weighted by Crippen LogP contribution is -2.47. The predicted octanol–water partition coefficient (Wildman–Crippen LogP) is 5.32. The van der Waals surface area contributed by atoms with E-state index in [-0.39, 0.29) is 17.7 Å². The van der Waals surface area contributed by atoms with E-state index < -0.39 is 5.41 Å². The van der Waals surface area contributed by atoms with Gasteiger partial charge in [-0.25, -0.2) is 0 Å². The van der Waals surface area contributed by atoms with Gasteiger partial charge in [-0.2, -0.15) is 0 Å². The van der Waals surface area contributed by atoms with E-state index in [0.29, 0.717) is 5.75 Å². The fourth-order valence-corrected chi connectivity index (χ4v) is 5.20. The molecule has 2 bridgehead atoms. The molecule has 3 heteroatoms. The van der Waals surface area contributed by atoms with Crippen molar-refractivity contribution < 1.29 is 9.53 Å². The van der Waals surface area contributed by atoms with E-state index in [1.165, 1.54) is 22.3 Å². The Hall–Kier alpha value is -3.07. The van der Waals surface area contributed by atoms with Gasteiger partial charge in [0.2, 0.25) is 5.91 Å². The van der Waals surface area contributed by atoms with Gasteiger partial charge in [0.25, 0.3) is 0 Å². The largest absolute Gasteiger partial charge is 0.495 e. The molecule has 0 saturated heterocycles. The number of anilines is 1. The number of hydrogen-bond acceptors (Lipinski definition) is 2. The molecular formula is C25H23NO2. The van der Waals surface area contributed by atoms with Crippen LogP contribution in [0.5, 0.6) is 5.75 Å². The van der Waals surface area contributed by atoms with Gasteiger partial charge in [-0.1, -0.05) is 60.7 Å². The average molecular weight is 369 g/mol. The minimum absolute atomic E-state index is 0.0519. The predicted molar refractivity (Wildman–Crippen MR) is 111 cm³/mol. The summed E-state index contributed by atoms with van der Waals surface area (Å²) in [6, 6.07) is 24.8. The molecule has 1 amide bonds. The van der Waals surface area contributed by atoms with Crippen molar-refractivity contribution in [2.75, 3.05) is 12.4 Å². The number of benzene rings is 3. The van der Waals surface area contributed by atoms with E-state index >= 15 is 0 Å². The first kappa shape index (κ1) is 17.1. The van der Waals surface area contributed by atoms with E-state index in [9.17, 15) is 4.79 Å². The van der Waals surface area contributed by atoms with Crippen LogP contribution in [0, 0.1) is 5.41 Å². The Morgan fingerprint density at radius 2 is 1.43 bits per heavy atom. The van der Waals surface area contributed by atoms with Crippen molar-refractivity contribution in [3.8, 4) is 5.75 Å². The smallest absolute Gasteiger partial charge is 0.231 e. The van der Waals surface area contributed by atoms with E-state index in [1.54, 1.807) is 7.11 Å². The molecule has 28 heavy (non-hydrogen) atoms. The first-order chi connectivity index (χ1) is 13.6. The molecule has 3 aromatic carbocycles. The van der Waals surface area contributed by atoms with Crippen LogP contribution in [0.1, 0.15) is 47.4 Å². The molecule has 3 aliphatic rings. The number of para-hydroxylation sites is 2. The lowest BCUT2D eigenvalue weighted by Gasteiger charge is -2.50. The van der Waals surface area contributed by atoms with Crippen molar-refractivity contribution in [1.82, 2.24) is 0 Å². The Bertz CT molecular complexity index is 1030. The van der Waals surface area contributed by atoms with Crippen molar-refractivity contribution in [2.24, 2.45) is 5.41 Å². The van der Waals surface area contributed by atoms with Crippen molar-refractivity contribution in [1.29, 1.82) is 0 Å². The highest BCUT2D eigenvalue weighted by Gasteiger charge is 2.53. The summed E-state index contributed by atoms with van der Waals surface area (Å²) in [5.41, 5.74) is 5.51. The third-order valence-corrected chi connectivity index (χ3v) is 6.50. The number of ether oxygens (including phenoxy) is 1. The minimum atomic E-state index is -0.520. The molecule has 140 valence electrons. The van der Waals surface area contributed by atoms with Gasteiger partial charge in [-0.05, 0) is 47.7 Å². The molecule has 1 unspecified atom stereocenters. The zero-order valence-electron chi connectivity index (χ0n) is 16.1. The Balaban J connectivity index is 1.60. The SMILES string of the molecule is COc1ccccc1NC(=O)C1(C)CC2c3ccccc3C1c1ccccc12. The van der Waals surface area contributed by atoms with Crippen molar-refractivity contribution in [3.05, 3.63) is 95.1 Å². The van der Waals surface area contributed by atoms with Gasteiger partial charge in [-0.3, -0.25) is 4.79 Å². The monoisotopic (exact) mass is 369 g/mol. The molecule has 1 N–H and O–H groups in total. The van der Waals surface area contributed by atoms with Crippen LogP contribution in [-0.2, 0) is 4.79 Å². The van der Waals surface area contributed by atoms with Crippen LogP contribution in [0.4, 0.5) is 5.69 Å². The number of carbonyl (C=O) groups is 1. The molecule has 1 atom stereocenters. The Morgan fingerprint density at radius 1 is 0.893 bits per heavy atom. The average Bonchev–Trinajstić information content (AvgIpc) is 2.74. The summed E-state index contributed by atoms with van der Waals surface area (Å²) in [6.07, 6.45) is 0.812. The zero-order chi connectivity index (χ0) is 19.3. The number of carbonyl (C=O) groups excluding carboxylic acids is 1. The van der Waals surface area contributed by atoms with Crippen LogP contribution in [0.25, 0.3) is 0 Å². The first-order valence-electron chi connectivity index (χ1n) is 9.75. The number of nitrogens with one attached hydrogen (secondary N) is 1. The normalized spacial score (nSPS) is 24.2. The molecule has 0 saturated carbocycles. The van der Waals surface area contributed by atoms with Gasteiger partial charge >= 0.3 is 0 Å². The van der Waals surface area contributed by atoms with Crippen LogP contribution >= 0.6 is 0 Å². The van der Waals surface area contributed by atoms with Gasteiger partial charge in [0.15, 0.2) is 0 Å². The summed E-state index contributed by atoms with van der Waals surface area (Å²) in [5, 5.41) is 3.15. The summed E-state index contributed by atoms with van der Waals surface area (Å²) in [5.74, 6) is 1.04. The molecule has 0 aliphatic heterocycles. The molecule has 3 aromatic rings. The van der Waals surface area contributed by atoms with Crippen LogP contribution in [0.15, 0.2) is 72.8 Å². The number of rotatable bonds is 3. The standard InChI is InChI=1S/C25H23NO2/c1-25(24(27)26-21-13-7-8-14-22(21)28-2)15-20-16-9-3-5-11-18(16)23(25)19-12-6-4-10-17(19)20/h3-14,20,23H,15H2,1-2H3,(H,26,27). The highest BCUT2D eigenvalue weighted by Crippen LogP contribution is 2.61. The molecule has 0 aromatic heterocycles. The van der Waals surface area contributed by atoms with Crippen LogP contribution < -0.4 is 10.1 Å². The van der Waals surface area contributed by atoms with Crippen molar-refractivity contribution in [2.45, 2.75) is 25.2 Å². The molecular weight excluding hydrogens is 346 g/mol. The molecule has 0 fully saturated rings. The number of fused-ring (bicyclic) bond motifs is 1. The van der Waals surface area contributed by atoms with E-state index in [0.717, 1.165) is 12.1 Å². The van der Waals surface area contributed by atoms with E-state index in [4.69, 9.17) is 4.74 Å². The topological polar surface area (TPSA) is 38.3 Å². The first-order valence-corrected chi connectivity index (χ1v) is 9.75. The Kier molecular flexibility index (Phi) is 3.80. The maximum Gasteiger partial charge on any atom is 0.231 e. The molecule has 0 heterocycles. The molecule has 3 aliphatic carbocycles. The summed E-state index contributed by atoms with van der Waals surface area (Å²) < 4.78 is 5.43. The fraction of sp³-hybridized carbons (Fsp3) is 0.240. The molecule has 0 radical (unpaired) electrons. The maximum absolute atomic E-state index is 13.6. The third-order valence-electron chi connectivity index (χ3n) is 6.50. The van der Waals surface area contributed by atoms with E-state index in [1.807, 2.05) is 24.3 Å². The Morgan fingerprint density at radius 3 is 2.04 bits per heavy atom. The summed E-state index contributed by atoms with van der Waals surface area (Å²) >= 11 is 0.